The first-order chi connectivity index (χ1) is 14.0. The van der Waals surface area contributed by atoms with Crippen LogP contribution < -0.4 is 19.5 Å². The van der Waals surface area contributed by atoms with E-state index in [4.69, 9.17) is 30.5 Å². The maximum atomic E-state index is 12.5. The molecule has 2 aromatic rings. The average molecular weight is 485 g/mol. The Hall–Kier alpha value is -1.96. The summed E-state index contributed by atoms with van der Waals surface area (Å²) in [6.07, 6.45) is 2.21. The lowest BCUT2D eigenvalue weighted by Gasteiger charge is -2.14. The Kier molecular flexibility index (Phi) is 7.64. The highest BCUT2D eigenvalue weighted by Gasteiger charge is 2.17. The van der Waals surface area contributed by atoms with Gasteiger partial charge in [-0.15, -0.1) is 0 Å². The second-order valence-corrected chi connectivity index (χ2v) is 7.83. The van der Waals surface area contributed by atoms with Gasteiger partial charge >= 0.3 is 0 Å². The van der Waals surface area contributed by atoms with Gasteiger partial charge in [-0.1, -0.05) is 11.6 Å². The largest absolute Gasteiger partial charge is 0.493 e. The number of halogens is 2. The molecule has 0 bridgehead atoms. The van der Waals surface area contributed by atoms with Gasteiger partial charge < -0.3 is 24.3 Å². The predicted molar refractivity (Wildman–Crippen MR) is 114 cm³/mol. The van der Waals surface area contributed by atoms with Gasteiger partial charge in [0.2, 0.25) is 0 Å². The molecule has 0 radical (unpaired) electrons. The van der Waals surface area contributed by atoms with E-state index in [0.717, 1.165) is 25.0 Å². The number of amides is 1. The Balaban J connectivity index is 1.61. The number of carbonyl (C=O) groups excluding carboxylic acids is 1. The zero-order chi connectivity index (χ0) is 20.8. The normalized spacial score (nSPS) is 15.8. The lowest BCUT2D eigenvalue weighted by Crippen LogP contribution is -2.23. The van der Waals surface area contributed by atoms with Crippen LogP contribution >= 0.6 is 27.5 Å². The minimum atomic E-state index is -0.220. The summed E-state index contributed by atoms with van der Waals surface area (Å²) in [4.78, 5) is 12.5. The molecule has 2 aromatic carbocycles. The summed E-state index contributed by atoms with van der Waals surface area (Å²) in [5.74, 6) is 1.55. The molecule has 1 heterocycles. The monoisotopic (exact) mass is 483 g/mol. The SMILES string of the molecule is COc1cc(Cl)c(CNC(=O)c2ccc(OCC3CCCO3)c(Br)c2)cc1OC. The van der Waals surface area contributed by atoms with Crippen molar-refractivity contribution in [1.82, 2.24) is 5.32 Å². The van der Waals surface area contributed by atoms with Crippen LogP contribution in [0.25, 0.3) is 0 Å². The number of rotatable bonds is 8. The summed E-state index contributed by atoms with van der Waals surface area (Å²) in [5.41, 5.74) is 1.24. The maximum absolute atomic E-state index is 12.5. The molecule has 1 saturated heterocycles. The average Bonchev–Trinajstić information content (AvgIpc) is 3.25. The van der Waals surface area contributed by atoms with Crippen molar-refractivity contribution >= 4 is 33.4 Å². The molecule has 1 N–H and O–H groups in total. The van der Waals surface area contributed by atoms with Crippen LogP contribution in [0.4, 0.5) is 0 Å². The van der Waals surface area contributed by atoms with Gasteiger partial charge in [-0.2, -0.15) is 0 Å². The van der Waals surface area contributed by atoms with Gasteiger partial charge in [0.05, 0.1) is 24.8 Å². The Morgan fingerprint density at radius 2 is 1.97 bits per heavy atom. The predicted octanol–water partition coefficient (Wildman–Crippen LogP) is 4.61. The summed E-state index contributed by atoms with van der Waals surface area (Å²) in [5, 5.41) is 3.35. The maximum Gasteiger partial charge on any atom is 0.251 e. The molecule has 1 aliphatic heterocycles. The summed E-state index contributed by atoms with van der Waals surface area (Å²) >= 11 is 9.75. The summed E-state index contributed by atoms with van der Waals surface area (Å²) in [6.45, 7) is 1.55. The molecular weight excluding hydrogens is 462 g/mol. The van der Waals surface area contributed by atoms with E-state index >= 15 is 0 Å². The molecule has 0 aromatic heterocycles. The molecule has 1 fully saturated rings. The molecule has 8 heteroatoms. The lowest BCUT2D eigenvalue weighted by molar-refractivity contribution is 0.0677. The molecule has 1 aliphatic rings. The highest BCUT2D eigenvalue weighted by molar-refractivity contribution is 9.10. The first kappa shape index (κ1) is 21.7. The molecule has 3 rings (SSSR count). The Morgan fingerprint density at radius 1 is 1.21 bits per heavy atom. The Bertz CT molecular complexity index is 870. The van der Waals surface area contributed by atoms with E-state index < -0.39 is 0 Å². The molecule has 6 nitrogen and oxygen atoms in total. The smallest absolute Gasteiger partial charge is 0.251 e. The molecule has 29 heavy (non-hydrogen) atoms. The second-order valence-electron chi connectivity index (χ2n) is 6.57. The molecule has 0 aliphatic carbocycles. The standard InChI is InChI=1S/C21H23BrClNO5/c1-26-19-9-14(17(23)10-20(19)27-2)11-24-21(25)13-5-6-18(16(22)8-13)29-12-15-4-3-7-28-15/h5-6,8-10,15H,3-4,7,11-12H2,1-2H3,(H,24,25). The van der Waals surface area contributed by atoms with Crippen LogP contribution in [0.15, 0.2) is 34.8 Å². The van der Waals surface area contributed by atoms with Crippen LogP contribution in [-0.4, -0.2) is 39.4 Å². The second kappa shape index (κ2) is 10.2. The first-order valence-corrected chi connectivity index (χ1v) is 10.4. The van der Waals surface area contributed by atoms with Crippen LogP contribution in [0.5, 0.6) is 17.2 Å². The number of hydrogen-bond acceptors (Lipinski definition) is 5. The van der Waals surface area contributed by atoms with Crippen molar-refractivity contribution in [2.24, 2.45) is 0 Å². The summed E-state index contributed by atoms with van der Waals surface area (Å²) < 4.78 is 22.6. The third kappa shape index (κ3) is 5.56. The molecule has 1 amide bonds. The van der Waals surface area contributed by atoms with E-state index in [2.05, 4.69) is 21.2 Å². The van der Waals surface area contributed by atoms with Gasteiger partial charge in [0.15, 0.2) is 11.5 Å². The van der Waals surface area contributed by atoms with Crippen molar-refractivity contribution in [3.63, 3.8) is 0 Å². The number of nitrogens with one attached hydrogen (secondary N) is 1. The van der Waals surface area contributed by atoms with Crippen LogP contribution in [0.3, 0.4) is 0 Å². The van der Waals surface area contributed by atoms with Crippen LogP contribution in [-0.2, 0) is 11.3 Å². The van der Waals surface area contributed by atoms with Crippen molar-refractivity contribution in [2.45, 2.75) is 25.5 Å². The van der Waals surface area contributed by atoms with Gasteiger partial charge in [-0.25, -0.2) is 0 Å². The van der Waals surface area contributed by atoms with Crippen molar-refractivity contribution in [1.29, 1.82) is 0 Å². The van der Waals surface area contributed by atoms with Gasteiger partial charge in [0, 0.05) is 29.8 Å². The molecule has 1 unspecified atom stereocenters. The van der Waals surface area contributed by atoms with E-state index in [1.54, 1.807) is 44.6 Å². The zero-order valence-corrected chi connectivity index (χ0v) is 18.6. The van der Waals surface area contributed by atoms with E-state index in [9.17, 15) is 4.79 Å². The quantitative estimate of drug-likeness (QED) is 0.593. The number of methoxy groups -OCH3 is 2. The number of carbonyl (C=O) groups is 1. The van der Waals surface area contributed by atoms with Gasteiger partial charge in [0.25, 0.3) is 5.91 Å². The first-order valence-electron chi connectivity index (χ1n) is 9.24. The molecule has 0 saturated carbocycles. The summed E-state index contributed by atoms with van der Waals surface area (Å²) in [6, 6.07) is 8.65. The Morgan fingerprint density at radius 3 is 2.62 bits per heavy atom. The van der Waals surface area contributed by atoms with Crippen molar-refractivity contribution in [2.75, 3.05) is 27.4 Å². The van der Waals surface area contributed by atoms with Crippen LogP contribution in [0.1, 0.15) is 28.8 Å². The van der Waals surface area contributed by atoms with E-state index in [1.165, 1.54) is 0 Å². The van der Waals surface area contributed by atoms with Gasteiger partial charge in [-0.3, -0.25) is 4.79 Å². The summed E-state index contributed by atoms with van der Waals surface area (Å²) in [7, 11) is 3.09. The minimum Gasteiger partial charge on any atom is -0.493 e. The third-order valence-corrected chi connectivity index (χ3v) is 5.61. The minimum absolute atomic E-state index is 0.135. The van der Waals surface area contributed by atoms with E-state index in [-0.39, 0.29) is 18.6 Å². The highest BCUT2D eigenvalue weighted by Crippen LogP contribution is 2.33. The third-order valence-electron chi connectivity index (χ3n) is 4.63. The van der Waals surface area contributed by atoms with Crippen molar-refractivity contribution in [3.05, 3.63) is 51.0 Å². The molecule has 156 valence electrons. The number of hydrogen-bond donors (Lipinski definition) is 1. The molecular formula is C21H23BrClNO5. The van der Waals surface area contributed by atoms with E-state index in [0.29, 0.717) is 38.9 Å². The highest BCUT2D eigenvalue weighted by atomic mass is 79.9. The van der Waals surface area contributed by atoms with E-state index in [1.807, 2.05) is 0 Å². The molecule has 0 spiro atoms. The fraction of sp³-hybridized carbons (Fsp3) is 0.381. The fourth-order valence-electron chi connectivity index (χ4n) is 3.03. The molecule has 1 atom stereocenters. The fourth-order valence-corrected chi connectivity index (χ4v) is 3.74. The van der Waals surface area contributed by atoms with Crippen LogP contribution in [0.2, 0.25) is 5.02 Å². The topological polar surface area (TPSA) is 66.0 Å². The van der Waals surface area contributed by atoms with Gasteiger partial charge in [-0.05, 0) is 58.6 Å². The van der Waals surface area contributed by atoms with Gasteiger partial charge in [0.1, 0.15) is 12.4 Å². The lowest BCUT2D eigenvalue weighted by atomic mass is 10.1. The number of ether oxygens (including phenoxy) is 4. The van der Waals surface area contributed by atoms with Crippen molar-refractivity contribution in [3.8, 4) is 17.2 Å². The Labute approximate surface area is 183 Å². The number of benzene rings is 2. The van der Waals surface area contributed by atoms with Crippen LogP contribution in [0, 0.1) is 0 Å². The van der Waals surface area contributed by atoms with Crippen molar-refractivity contribution < 1.29 is 23.7 Å². The zero-order valence-electron chi connectivity index (χ0n) is 16.3.